The second-order valence-electron chi connectivity index (χ2n) is 8.95. The zero-order valence-electron chi connectivity index (χ0n) is 20.6. The molecule has 0 radical (unpaired) electrons. The second-order valence-corrected chi connectivity index (χ2v) is 9.36. The van der Waals surface area contributed by atoms with Crippen LogP contribution in [-0.2, 0) is 9.53 Å². The summed E-state index contributed by atoms with van der Waals surface area (Å²) in [5, 5.41) is 2.55. The lowest BCUT2D eigenvalue weighted by Crippen LogP contribution is -2.28. The van der Waals surface area contributed by atoms with Crippen LogP contribution >= 0.6 is 11.6 Å². The number of halogens is 1. The Morgan fingerprint density at radius 3 is 2.42 bits per heavy atom. The van der Waals surface area contributed by atoms with Gasteiger partial charge in [-0.1, -0.05) is 73.0 Å². The molecule has 3 aromatic rings. The van der Waals surface area contributed by atoms with Gasteiger partial charge in [0.15, 0.2) is 5.70 Å². The van der Waals surface area contributed by atoms with Crippen LogP contribution in [0.1, 0.15) is 41.6 Å². The van der Waals surface area contributed by atoms with Crippen molar-refractivity contribution >= 4 is 40.1 Å². The monoisotopic (exact) mass is 503 g/mol. The van der Waals surface area contributed by atoms with Gasteiger partial charge in [-0.2, -0.15) is 0 Å². The van der Waals surface area contributed by atoms with Gasteiger partial charge in [-0.25, -0.2) is 9.79 Å². The average molecular weight is 504 g/mol. The summed E-state index contributed by atoms with van der Waals surface area (Å²) >= 11 is 6.13. The first kappa shape index (κ1) is 25.5. The lowest BCUT2D eigenvalue weighted by atomic mass is 10.0. The van der Waals surface area contributed by atoms with Crippen molar-refractivity contribution in [3.05, 3.63) is 94.8 Å². The van der Waals surface area contributed by atoms with E-state index in [4.69, 9.17) is 16.3 Å². The summed E-state index contributed by atoms with van der Waals surface area (Å²) in [5.74, 6) is -0.151. The van der Waals surface area contributed by atoms with Gasteiger partial charge >= 0.3 is 5.97 Å². The van der Waals surface area contributed by atoms with Crippen LogP contribution in [0.3, 0.4) is 0 Å². The van der Waals surface area contributed by atoms with E-state index in [9.17, 15) is 9.59 Å². The lowest BCUT2D eigenvalue weighted by Gasteiger charge is -2.18. The smallest absolute Gasteiger partial charge is 0.365 e. The molecule has 7 heteroatoms. The van der Waals surface area contributed by atoms with E-state index in [1.165, 1.54) is 0 Å². The van der Waals surface area contributed by atoms with Crippen molar-refractivity contribution in [2.75, 3.05) is 27.2 Å². The summed E-state index contributed by atoms with van der Waals surface area (Å²) in [5.41, 5.74) is 1.65. The zero-order chi connectivity index (χ0) is 25.5. The molecule has 3 aromatic carbocycles. The van der Waals surface area contributed by atoms with Gasteiger partial charge in [0.1, 0.15) is 0 Å². The van der Waals surface area contributed by atoms with E-state index < -0.39 is 5.97 Å². The normalized spacial score (nSPS) is 14.1. The Bertz CT molecular complexity index is 1310. The molecule has 0 aromatic heterocycles. The van der Waals surface area contributed by atoms with Gasteiger partial charge in [0.2, 0.25) is 5.90 Å². The van der Waals surface area contributed by atoms with Crippen molar-refractivity contribution in [1.82, 2.24) is 9.80 Å². The molecule has 0 spiro atoms. The fourth-order valence-corrected chi connectivity index (χ4v) is 4.42. The SMILES string of the molecule is CN(C=C1N=C(c2cccc3ccccc23)OC1=O)CCCCCCN(C)C(=O)c1ccccc1Cl. The lowest BCUT2D eigenvalue weighted by molar-refractivity contribution is -0.130. The molecule has 0 atom stereocenters. The third-order valence-electron chi connectivity index (χ3n) is 6.19. The maximum Gasteiger partial charge on any atom is 0.365 e. The highest BCUT2D eigenvalue weighted by atomic mass is 35.5. The predicted octanol–water partition coefficient (Wildman–Crippen LogP) is 5.90. The molecule has 1 aliphatic heterocycles. The quantitative estimate of drug-likeness (QED) is 0.196. The van der Waals surface area contributed by atoms with Gasteiger partial charge in [0.05, 0.1) is 10.6 Å². The Labute approximate surface area is 216 Å². The molecule has 0 fully saturated rings. The fraction of sp³-hybridized carbons (Fsp3) is 0.276. The summed E-state index contributed by atoms with van der Waals surface area (Å²) in [6.07, 6.45) is 5.67. The average Bonchev–Trinajstić information content (AvgIpc) is 3.25. The van der Waals surface area contributed by atoms with Crippen LogP contribution in [0.5, 0.6) is 0 Å². The fourth-order valence-electron chi connectivity index (χ4n) is 4.21. The van der Waals surface area contributed by atoms with Crippen LogP contribution in [0.4, 0.5) is 0 Å². The first-order valence-electron chi connectivity index (χ1n) is 12.1. The first-order chi connectivity index (χ1) is 17.4. The predicted molar refractivity (Wildman–Crippen MR) is 144 cm³/mol. The largest absolute Gasteiger partial charge is 0.402 e. The molecule has 0 bridgehead atoms. The molecule has 6 nitrogen and oxygen atoms in total. The Balaban J connectivity index is 1.23. The van der Waals surface area contributed by atoms with E-state index in [1.807, 2.05) is 66.5 Å². The van der Waals surface area contributed by atoms with Crippen LogP contribution in [0.15, 0.2) is 83.6 Å². The third-order valence-corrected chi connectivity index (χ3v) is 6.52. The number of nitrogens with zero attached hydrogens (tertiary/aromatic N) is 3. The van der Waals surface area contributed by atoms with E-state index in [0.717, 1.165) is 48.6 Å². The molecule has 0 unspecified atom stereocenters. The Morgan fingerprint density at radius 2 is 1.61 bits per heavy atom. The maximum atomic E-state index is 12.5. The first-order valence-corrected chi connectivity index (χ1v) is 12.5. The van der Waals surface area contributed by atoms with Crippen LogP contribution in [-0.4, -0.2) is 54.8 Å². The highest BCUT2D eigenvalue weighted by Crippen LogP contribution is 2.24. The third kappa shape index (κ3) is 6.13. The Hall–Kier alpha value is -3.64. The number of carbonyl (C=O) groups is 2. The van der Waals surface area contributed by atoms with Crippen molar-refractivity contribution < 1.29 is 14.3 Å². The van der Waals surface area contributed by atoms with E-state index in [2.05, 4.69) is 4.99 Å². The van der Waals surface area contributed by atoms with E-state index in [0.29, 0.717) is 28.7 Å². The minimum absolute atomic E-state index is 0.0566. The number of hydrogen-bond donors (Lipinski definition) is 0. The van der Waals surface area contributed by atoms with Gasteiger partial charge in [-0.3, -0.25) is 4.79 Å². The number of amides is 1. The van der Waals surface area contributed by atoms with Gasteiger partial charge in [-0.15, -0.1) is 0 Å². The van der Waals surface area contributed by atoms with Crippen molar-refractivity contribution in [3.8, 4) is 0 Å². The van der Waals surface area contributed by atoms with E-state index >= 15 is 0 Å². The molecule has 4 rings (SSSR count). The summed E-state index contributed by atoms with van der Waals surface area (Å²) in [6, 6.07) is 21.0. The zero-order valence-corrected chi connectivity index (χ0v) is 21.4. The molecule has 1 amide bonds. The van der Waals surface area contributed by atoms with Crippen molar-refractivity contribution in [2.45, 2.75) is 25.7 Å². The van der Waals surface area contributed by atoms with Crippen molar-refractivity contribution in [1.29, 1.82) is 0 Å². The van der Waals surface area contributed by atoms with Gasteiger partial charge in [-0.05, 0) is 41.8 Å². The number of aliphatic imine (C=N–C) groups is 1. The molecular formula is C29H30ClN3O3. The van der Waals surface area contributed by atoms with Gasteiger partial charge in [0.25, 0.3) is 5.91 Å². The van der Waals surface area contributed by atoms with Crippen LogP contribution < -0.4 is 0 Å². The Kier molecular flexibility index (Phi) is 8.39. The van der Waals surface area contributed by atoms with E-state index in [-0.39, 0.29) is 5.91 Å². The molecule has 186 valence electrons. The highest BCUT2D eigenvalue weighted by Gasteiger charge is 2.25. The molecule has 36 heavy (non-hydrogen) atoms. The number of fused-ring (bicyclic) bond motifs is 1. The highest BCUT2D eigenvalue weighted by molar-refractivity contribution is 6.33. The molecule has 0 N–H and O–H groups in total. The number of rotatable bonds is 10. The topological polar surface area (TPSA) is 62.2 Å². The molecular weight excluding hydrogens is 474 g/mol. The van der Waals surface area contributed by atoms with Gasteiger partial charge in [0, 0.05) is 38.9 Å². The number of hydrogen-bond acceptors (Lipinski definition) is 5. The van der Waals surface area contributed by atoms with Crippen LogP contribution in [0.25, 0.3) is 10.8 Å². The molecule has 1 aliphatic rings. The summed E-state index contributed by atoms with van der Waals surface area (Å²) in [7, 11) is 3.74. The standard InChI is InChI=1S/C29H30ClN3O3/c1-32(18-9-3-4-10-19-33(2)28(34)24-15-7-8-17-25(24)30)20-26-29(35)36-27(31-26)23-16-11-13-21-12-5-6-14-22(21)23/h5-8,11-17,20H,3-4,9-10,18-19H2,1-2H3. The van der Waals surface area contributed by atoms with Gasteiger partial charge < -0.3 is 14.5 Å². The molecule has 1 heterocycles. The molecule has 0 aliphatic carbocycles. The van der Waals surface area contributed by atoms with Crippen molar-refractivity contribution in [3.63, 3.8) is 0 Å². The molecule has 0 saturated heterocycles. The number of unbranched alkanes of at least 4 members (excludes halogenated alkanes) is 3. The van der Waals surface area contributed by atoms with Crippen LogP contribution in [0.2, 0.25) is 5.02 Å². The minimum Gasteiger partial charge on any atom is -0.402 e. The number of carbonyl (C=O) groups excluding carboxylic acids is 2. The summed E-state index contributed by atoms with van der Waals surface area (Å²) in [4.78, 5) is 33.1. The van der Waals surface area contributed by atoms with Crippen molar-refractivity contribution in [2.24, 2.45) is 4.99 Å². The number of benzene rings is 3. The minimum atomic E-state index is -0.434. The summed E-state index contributed by atoms with van der Waals surface area (Å²) in [6.45, 7) is 1.48. The number of cyclic esters (lactones) is 1. The Morgan fingerprint density at radius 1 is 0.917 bits per heavy atom. The number of ether oxygens (including phenoxy) is 1. The number of esters is 1. The van der Waals surface area contributed by atoms with E-state index in [1.54, 1.807) is 30.3 Å². The second kappa shape index (κ2) is 11.9. The maximum absolute atomic E-state index is 12.5. The molecule has 0 saturated carbocycles. The summed E-state index contributed by atoms with van der Waals surface area (Å²) < 4.78 is 5.48. The van der Waals surface area contributed by atoms with Crippen LogP contribution in [0, 0.1) is 0 Å².